The number of benzene rings is 3. The normalized spacial score (nSPS) is 11.7. The Morgan fingerprint density at radius 1 is 1.04 bits per heavy atom. The summed E-state index contributed by atoms with van der Waals surface area (Å²) in [6.45, 7) is 0. The van der Waals surface area contributed by atoms with Gasteiger partial charge in [0, 0.05) is 10.8 Å². The number of azo groups is 1. The maximum Gasteiger partial charge on any atom is 0.365 e. The Morgan fingerprint density at radius 3 is 2.71 bits per heavy atom. The van der Waals surface area contributed by atoms with E-state index in [2.05, 4.69) is 25.5 Å². The zero-order valence-electron chi connectivity index (χ0n) is 14.4. The van der Waals surface area contributed by atoms with Gasteiger partial charge in [-0.05, 0) is 17.5 Å². The molecule has 0 aliphatic heterocycles. The number of fused-ring (bicyclic) bond motifs is 4. The third-order valence-electron chi connectivity index (χ3n) is 4.40. The highest BCUT2D eigenvalue weighted by Crippen LogP contribution is 2.35. The molecule has 5 rings (SSSR count). The van der Waals surface area contributed by atoms with Gasteiger partial charge in [-0.15, -0.1) is 5.11 Å². The quantitative estimate of drug-likeness (QED) is 0.326. The molecule has 0 unspecified atom stereocenters. The van der Waals surface area contributed by atoms with E-state index in [1.54, 1.807) is 12.1 Å². The van der Waals surface area contributed by atoms with E-state index in [-0.39, 0.29) is 11.6 Å². The zero-order chi connectivity index (χ0) is 19.1. The molecule has 3 N–H and O–H groups in total. The van der Waals surface area contributed by atoms with Crippen LogP contribution in [0, 0.1) is 0 Å². The fourth-order valence-electron chi connectivity index (χ4n) is 3.14. The number of amides is 2. The van der Waals surface area contributed by atoms with E-state index in [1.807, 2.05) is 48.5 Å². The molecular weight excluding hydrogens is 374 g/mol. The van der Waals surface area contributed by atoms with Crippen molar-refractivity contribution in [2.45, 2.75) is 0 Å². The molecular formula is C20H13N5O2S. The van der Waals surface area contributed by atoms with Gasteiger partial charge in [0.2, 0.25) is 5.88 Å². The summed E-state index contributed by atoms with van der Waals surface area (Å²) in [6, 6.07) is 18.6. The minimum absolute atomic E-state index is 0.135. The van der Waals surface area contributed by atoms with Gasteiger partial charge in [0.25, 0.3) is 0 Å². The van der Waals surface area contributed by atoms with Crippen LogP contribution in [0.25, 0.3) is 31.9 Å². The van der Waals surface area contributed by atoms with Crippen LogP contribution in [0.5, 0.6) is 5.88 Å². The molecule has 136 valence electrons. The Bertz CT molecular complexity index is 1390. The van der Waals surface area contributed by atoms with Crippen LogP contribution in [0.4, 0.5) is 15.6 Å². The molecule has 0 aliphatic carbocycles. The van der Waals surface area contributed by atoms with E-state index in [9.17, 15) is 9.90 Å². The monoisotopic (exact) mass is 387 g/mol. The van der Waals surface area contributed by atoms with Crippen molar-refractivity contribution < 1.29 is 9.90 Å². The number of hydrogen-bond acceptors (Lipinski definition) is 5. The summed E-state index contributed by atoms with van der Waals surface area (Å²) in [6.07, 6.45) is 0. The lowest BCUT2D eigenvalue weighted by Crippen LogP contribution is -2.04. The first-order valence-electron chi connectivity index (χ1n) is 8.50. The maximum absolute atomic E-state index is 12.2. The van der Waals surface area contributed by atoms with Crippen molar-refractivity contribution in [1.29, 1.82) is 0 Å². The van der Waals surface area contributed by atoms with E-state index in [0.717, 1.165) is 21.0 Å². The number of carbonyl (C=O) groups excluding carboxylic acids is 1. The number of aromatic amines is 1. The second-order valence-corrected chi connectivity index (χ2v) is 7.18. The largest absolute Gasteiger partial charge is 0.493 e. The van der Waals surface area contributed by atoms with Crippen LogP contribution in [0.15, 0.2) is 70.9 Å². The van der Waals surface area contributed by atoms with Crippen molar-refractivity contribution in [1.82, 2.24) is 9.97 Å². The number of thiazole rings is 1. The first-order valence-corrected chi connectivity index (χ1v) is 9.31. The second kappa shape index (κ2) is 6.43. The van der Waals surface area contributed by atoms with Gasteiger partial charge in [-0.2, -0.15) is 0 Å². The number of H-pyrrole nitrogens is 1. The summed E-state index contributed by atoms with van der Waals surface area (Å²) < 4.78 is 0.972. The first kappa shape index (κ1) is 16.4. The predicted octanol–water partition coefficient (Wildman–Crippen LogP) is 5.95. The Hall–Kier alpha value is -3.78. The van der Waals surface area contributed by atoms with Crippen LogP contribution >= 0.6 is 11.3 Å². The summed E-state index contributed by atoms with van der Waals surface area (Å²) in [5.41, 5.74) is 1.78. The van der Waals surface area contributed by atoms with Gasteiger partial charge in [0.15, 0.2) is 10.8 Å². The molecule has 2 aromatic heterocycles. The Morgan fingerprint density at radius 2 is 1.82 bits per heavy atom. The number of rotatable bonds is 2. The number of urea groups is 1. The van der Waals surface area contributed by atoms with E-state index < -0.39 is 6.03 Å². The number of anilines is 1. The third kappa shape index (κ3) is 2.76. The minimum Gasteiger partial charge on any atom is -0.493 e. The summed E-state index contributed by atoms with van der Waals surface area (Å²) in [4.78, 5) is 19.5. The first-order chi connectivity index (χ1) is 13.7. The molecule has 0 aliphatic rings. The molecule has 0 fully saturated rings. The molecule has 3 aromatic carbocycles. The third-order valence-corrected chi connectivity index (χ3v) is 5.33. The summed E-state index contributed by atoms with van der Waals surface area (Å²) in [5.74, 6) is -0.135. The van der Waals surface area contributed by atoms with Gasteiger partial charge in [-0.25, -0.2) is 9.78 Å². The Labute approximate surface area is 162 Å². The van der Waals surface area contributed by atoms with Gasteiger partial charge < -0.3 is 10.1 Å². The highest BCUT2D eigenvalue weighted by Gasteiger charge is 2.12. The van der Waals surface area contributed by atoms with Crippen molar-refractivity contribution in [2.24, 2.45) is 10.2 Å². The van der Waals surface area contributed by atoms with Crippen molar-refractivity contribution in [3.8, 4) is 5.88 Å². The van der Waals surface area contributed by atoms with Crippen LogP contribution in [0.3, 0.4) is 0 Å². The predicted molar refractivity (Wildman–Crippen MR) is 111 cm³/mol. The molecule has 28 heavy (non-hydrogen) atoms. The van der Waals surface area contributed by atoms with E-state index in [4.69, 9.17) is 0 Å². The highest BCUT2D eigenvalue weighted by atomic mass is 32.1. The van der Waals surface area contributed by atoms with Crippen LogP contribution in [0.2, 0.25) is 0 Å². The zero-order valence-corrected chi connectivity index (χ0v) is 15.2. The lowest BCUT2D eigenvalue weighted by Gasteiger charge is -1.96. The Balaban J connectivity index is 1.43. The number of aromatic nitrogens is 2. The molecule has 0 bridgehead atoms. The van der Waals surface area contributed by atoms with Crippen LogP contribution in [-0.4, -0.2) is 21.1 Å². The van der Waals surface area contributed by atoms with Gasteiger partial charge >= 0.3 is 6.03 Å². The SMILES string of the molecule is O=C(N=Nc1c(O)[nH]c2ccccc12)Nc1nc2c(ccc3ccccc32)s1. The average molecular weight is 387 g/mol. The summed E-state index contributed by atoms with van der Waals surface area (Å²) in [7, 11) is 0. The number of carbonyl (C=O) groups is 1. The molecule has 0 atom stereocenters. The van der Waals surface area contributed by atoms with Crippen molar-refractivity contribution in [2.75, 3.05) is 5.32 Å². The molecule has 2 heterocycles. The molecule has 0 spiro atoms. The van der Waals surface area contributed by atoms with Gasteiger partial charge in [-0.1, -0.05) is 65.0 Å². The molecule has 5 aromatic rings. The number of nitrogens with one attached hydrogen (secondary N) is 2. The van der Waals surface area contributed by atoms with Crippen molar-refractivity contribution >= 4 is 60.1 Å². The maximum atomic E-state index is 12.2. The van der Waals surface area contributed by atoms with Crippen molar-refractivity contribution in [3.05, 3.63) is 60.7 Å². The van der Waals surface area contributed by atoms with Gasteiger partial charge in [0.1, 0.15) is 0 Å². The Kier molecular flexibility index (Phi) is 3.77. The van der Waals surface area contributed by atoms with Crippen LogP contribution in [0.1, 0.15) is 0 Å². The van der Waals surface area contributed by atoms with Crippen LogP contribution < -0.4 is 5.32 Å². The fourth-order valence-corrected chi connectivity index (χ4v) is 4.01. The van der Waals surface area contributed by atoms with E-state index in [0.29, 0.717) is 16.0 Å². The second-order valence-electron chi connectivity index (χ2n) is 6.15. The highest BCUT2D eigenvalue weighted by molar-refractivity contribution is 7.22. The standard InChI is InChI=1S/C20H13N5O2S/c26-18-17(13-7-3-4-8-14(13)21-18)24-25-19(27)23-20-22-16-12-6-2-1-5-11(12)9-10-15(16)28-20/h1-10,21,26H,(H,22,23,27). The number of aromatic hydroxyl groups is 1. The smallest absolute Gasteiger partial charge is 0.365 e. The number of hydrogen-bond donors (Lipinski definition) is 3. The molecule has 7 nitrogen and oxygen atoms in total. The summed E-state index contributed by atoms with van der Waals surface area (Å²) >= 11 is 1.37. The number of para-hydroxylation sites is 1. The average Bonchev–Trinajstić information content (AvgIpc) is 3.26. The summed E-state index contributed by atoms with van der Waals surface area (Å²) in [5, 5.41) is 23.4. The molecule has 0 saturated carbocycles. The fraction of sp³-hybridized carbons (Fsp3) is 0. The molecule has 8 heteroatoms. The van der Waals surface area contributed by atoms with Gasteiger partial charge in [0.05, 0.1) is 15.7 Å². The van der Waals surface area contributed by atoms with E-state index in [1.165, 1.54) is 11.3 Å². The molecule has 0 radical (unpaired) electrons. The van der Waals surface area contributed by atoms with Gasteiger partial charge in [-0.3, -0.25) is 5.32 Å². The molecule has 0 saturated heterocycles. The number of nitrogens with zero attached hydrogens (tertiary/aromatic N) is 3. The topological polar surface area (TPSA) is 103 Å². The molecule has 2 amide bonds. The minimum atomic E-state index is -0.659. The lowest BCUT2D eigenvalue weighted by atomic mass is 10.1. The lowest BCUT2D eigenvalue weighted by molar-refractivity contribution is 0.258. The van der Waals surface area contributed by atoms with Crippen LogP contribution in [-0.2, 0) is 0 Å². The van der Waals surface area contributed by atoms with E-state index >= 15 is 0 Å². The van der Waals surface area contributed by atoms with Crippen molar-refractivity contribution in [3.63, 3.8) is 0 Å².